The highest BCUT2D eigenvalue weighted by atomic mass is 16.5. The highest BCUT2D eigenvalue weighted by Crippen LogP contribution is 1.90. The molecule has 0 bridgehead atoms. The van der Waals surface area contributed by atoms with Gasteiger partial charge in [0.1, 0.15) is 0 Å². The molecule has 0 saturated heterocycles. The second-order valence-electron chi connectivity index (χ2n) is 3.29. The van der Waals surface area contributed by atoms with Crippen molar-refractivity contribution in [2.75, 3.05) is 13.2 Å². The summed E-state index contributed by atoms with van der Waals surface area (Å²) in [6.45, 7) is 4.67. The number of hydrogen-bond donors (Lipinski definition) is 3. The molecule has 0 aromatic heterocycles. The van der Waals surface area contributed by atoms with Crippen LogP contribution < -0.4 is 16.8 Å². The minimum absolute atomic E-state index is 0.0697. The molecule has 6 nitrogen and oxygen atoms in total. The Kier molecular flexibility index (Phi) is 6.64. The van der Waals surface area contributed by atoms with Crippen molar-refractivity contribution < 1.29 is 14.3 Å². The average Bonchev–Trinajstić information content (AvgIpc) is 2.13. The van der Waals surface area contributed by atoms with Gasteiger partial charge >= 0.3 is 0 Å². The molecule has 0 aliphatic carbocycles. The Morgan fingerprint density at radius 2 is 2.07 bits per heavy atom. The molecule has 2 amide bonds. The van der Waals surface area contributed by atoms with Gasteiger partial charge in [-0.2, -0.15) is 0 Å². The van der Waals surface area contributed by atoms with Crippen LogP contribution in [0, 0.1) is 0 Å². The Morgan fingerprint density at radius 3 is 2.53 bits per heavy atom. The largest absolute Gasteiger partial charge is 0.377 e. The minimum atomic E-state index is -0.878. The Labute approximate surface area is 89.3 Å². The van der Waals surface area contributed by atoms with Gasteiger partial charge in [0.15, 0.2) is 0 Å². The van der Waals surface area contributed by atoms with Gasteiger partial charge in [0.2, 0.25) is 11.8 Å². The van der Waals surface area contributed by atoms with E-state index < -0.39 is 11.9 Å². The summed E-state index contributed by atoms with van der Waals surface area (Å²) in [6.07, 6.45) is -0.214. The van der Waals surface area contributed by atoms with Crippen molar-refractivity contribution >= 4 is 11.8 Å². The van der Waals surface area contributed by atoms with Crippen LogP contribution in [0.3, 0.4) is 0 Å². The fourth-order valence-corrected chi connectivity index (χ4v) is 1.03. The summed E-state index contributed by atoms with van der Waals surface area (Å²) in [7, 11) is 0. The first-order chi connectivity index (χ1) is 6.97. The van der Waals surface area contributed by atoms with E-state index in [0.717, 1.165) is 0 Å². The third-order valence-electron chi connectivity index (χ3n) is 1.77. The second-order valence-corrected chi connectivity index (χ2v) is 3.29. The molecule has 15 heavy (non-hydrogen) atoms. The molecular formula is C9H19N3O3. The van der Waals surface area contributed by atoms with Crippen LogP contribution in [0.25, 0.3) is 0 Å². The number of nitrogens with two attached hydrogens (primary N) is 2. The molecule has 0 radical (unpaired) electrons. The first-order valence-corrected chi connectivity index (χ1v) is 4.90. The molecule has 2 unspecified atom stereocenters. The van der Waals surface area contributed by atoms with Gasteiger partial charge in [-0.25, -0.2) is 0 Å². The second kappa shape index (κ2) is 7.19. The van der Waals surface area contributed by atoms with Crippen molar-refractivity contribution in [1.82, 2.24) is 5.32 Å². The highest BCUT2D eigenvalue weighted by molar-refractivity contribution is 5.87. The zero-order valence-electron chi connectivity index (χ0n) is 9.16. The van der Waals surface area contributed by atoms with Crippen molar-refractivity contribution in [3.8, 4) is 0 Å². The van der Waals surface area contributed by atoms with Crippen LogP contribution in [0.1, 0.15) is 20.3 Å². The molecule has 0 aliphatic rings. The van der Waals surface area contributed by atoms with Crippen molar-refractivity contribution in [2.24, 2.45) is 11.5 Å². The lowest BCUT2D eigenvalue weighted by Gasteiger charge is -2.14. The van der Waals surface area contributed by atoms with Gasteiger partial charge in [-0.05, 0) is 13.8 Å². The minimum Gasteiger partial charge on any atom is -0.377 e. The van der Waals surface area contributed by atoms with Gasteiger partial charge < -0.3 is 21.5 Å². The Bertz CT molecular complexity index is 221. The van der Waals surface area contributed by atoms with Crippen molar-refractivity contribution in [2.45, 2.75) is 32.4 Å². The van der Waals surface area contributed by atoms with E-state index in [1.807, 2.05) is 13.8 Å². The van der Waals surface area contributed by atoms with E-state index in [9.17, 15) is 9.59 Å². The van der Waals surface area contributed by atoms with E-state index in [4.69, 9.17) is 16.2 Å². The summed E-state index contributed by atoms with van der Waals surface area (Å²) >= 11 is 0. The van der Waals surface area contributed by atoms with Crippen molar-refractivity contribution in [1.29, 1.82) is 0 Å². The molecule has 0 saturated carbocycles. The maximum absolute atomic E-state index is 11.3. The van der Waals surface area contributed by atoms with Gasteiger partial charge in [-0.3, -0.25) is 9.59 Å². The lowest BCUT2D eigenvalue weighted by atomic mass is 10.2. The topological polar surface area (TPSA) is 107 Å². The molecular weight excluding hydrogens is 198 g/mol. The van der Waals surface area contributed by atoms with Gasteiger partial charge in [0, 0.05) is 13.2 Å². The highest BCUT2D eigenvalue weighted by Gasteiger charge is 2.16. The molecule has 0 fully saturated rings. The summed E-state index contributed by atoms with van der Waals surface area (Å²) in [5.41, 5.74) is 10.3. The van der Waals surface area contributed by atoms with Crippen LogP contribution in [-0.4, -0.2) is 37.1 Å². The third-order valence-corrected chi connectivity index (χ3v) is 1.77. The molecule has 88 valence electrons. The number of amides is 2. The molecule has 0 aromatic carbocycles. The Morgan fingerprint density at radius 1 is 1.47 bits per heavy atom. The van der Waals surface area contributed by atoms with E-state index in [-0.39, 0.29) is 18.4 Å². The van der Waals surface area contributed by atoms with Gasteiger partial charge in [0.05, 0.1) is 18.6 Å². The molecule has 0 aliphatic heterocycles. The van der Waals surface area contributed by atoms with E-state index in [0.29, 0.717) is 13.2 Å². The lowest BCUT2D eigenvalue weighted by Crippen LogP contribution is -2.45. The average molecular weight is 217 g/mol. The van der Waals surface area contributed by atoms with Gasteiger partial charge in [0.25, 0.3) is 0 Å². The Balaban J connectivity index is 3.77. The summed E-state index contributed by atoms with van der Waals surface area (Å²) in [4.78, 5) is 21.8. The first kappa shape index (κ1) is 13.9. The molecule has 0 spiro atoms. The molecule has 6 heteroatoms. The smallest absolute Gasteiger partial charge is 0.237 e. The quantitative estimate of drug-likeness (QED) is 0.494. The summed E-state index contributed by atoms with van der Waals surface area (Å²) in [6, 6.07) is -0.878. The maximum Gasteiger partial charge on any atom is 0.237 e. The van der Waals surface area contributed by atoms with Crippen LogP contribution in [-0.2, 0) is 14.3 Å². The number of nitrogens with one attached hydrogen (secondary N) is 1. The van der Waals surface area contributed by atoms with Crippen LogP contribution in [0.15, 0.2) is 0 Å². The van der Waals surface area contributed by atoms with Crippen molar-refractivity contribution in [3.05, 3.63) is 0 Å². The molecule has 0 heterocycles. The number of carbonyl (C=O) groups excluding carboxylic acids is 2. The summed E-state index contributed by atoms with van der Waals surface area (Å²) in [5.74, 6) is -0.976. The molecule has 2 atom stereocenters. The predicted octanol–water partition coefficient (Wildman–Crippen LogP) is -1.27. The monoisotopic (exact) mass is 217 g/mol. The fraction of sp³-hybridized carbons (Fsp3) is 0.778. The molecule has 0 aromatic rings. The fourth-order valence-electron chi connectivity index (χ4n) is 1.03. The van der Waals surface area contributed by atoms with E-state index in [2.05, 4.69) is 5.32 Å². The van der Waals surface area contributed by atoms with Crippen LogP contribution in [0.5, 0.6) is 0 Å². The SMILES string of the molecule is CCOC(C)CNC(=O)C(N)CC(N)=O. The number of ether oxygens (including phenoxy) is 1. The van der Waals surface area contributed by atoms with E-state index >= 15 is 0 Å². The zero-order valence-corrected chi connectivity index (χ0v) is 9.16. The Hall–Kier alpha value is -1.14. The number of rotatable bonds is 7. The normalized spacial score (nSPS) is 14.3. The summed E-state index contributed by atoms with van der Waals surface area (Å²) in [5, 5.41) is 2.58. The lowest BCUT2D eigenvalue weighted by molar-refractivity contribution is -0.126. The van der Waals surface area contributed by atoms with Crippen LogP contribution in [0.4, 0.5) is 0 Å². The van der Waals surface area contributed by atoms with Crippen LogP contribution >= 0.6 is 0 Å². The van der Waals surface area contributed by atoms with Gasteiger partial charge in [-0.15, -0.1) is 0 Å². The predicted molar refractivity (Wildman–Crippen MR) is 55.9 cm³/mol. The van der Waals surface area contributed by atoms with Crippen molar-refractivity contribution in [3.63, 3.8) is 0 Å². The number of primary amides is 1. The summed E-state index contributed by atoms with van der Waals surface area (Å²) < 4.78 is 5.21. The first-order valence-electron chi connectivity index (χ1n) is 4.90. The maximum atomic E-state index is 11.3. The molecule has 5 N–H and O–H groups in total. The van der Waals surface area contributed by atoms with E-state index in [1.54, 1.807) is 0 Å². The molecule has 0 rings (SSSR count). The van der Waals surface area contributed by atoms with Crippen LogP contribution in [0.2, 0.25) is 0 Å². The number of carbonyl (C=O) groups is 2. The zero-order chi connectivity index (χ0) is 11.8. The number of hydrogen-bond acceptors (Lipinski definition) is 4. The third kappa shape index (κ3) is 6.87. The van der Waals surface area contributed by atoms with Gasteiger partial charge in [-0.1, -0.05) is 0 Å². The standard InChI is InChI=1S/C9H19N3O3/c1-3-15-6(2)5-12-9(14)7(10)4-8(11)13/h6-7H,3-5,10H2,1-2H3,(H2,11,13)(H,12,14). The van der Waals surface area contributed by atoms with E-state index in [1.165, 1.54) is 0 Å².